The van der Waals surface area contributed by atoms with Crippen LogP contribution in [0.1, 0.15) is 17.2 Å². The number of aryl methyl sites for hydroxylation is 1. The third kappa shape index (κ3) is 4.10. The standard InChI is InChI=1S/C18H20O5S/c1-13-7-9-16(10-8-13)24(22,23)17(11-15(20)12-19)18(21)14-5-3-2-4-6-14/h2-11,15,18-21H,12H2,1H3/b17-11+/t15?,18-/m1/s1. The van der Waals surface area contributed by atoms with E-state index in [2.05, 4.69) is 0 Å². The normalized spacial score (nSPS) is 15.1. The van der Waals surface area contributed by atoms with Crippen LogP contribution in [-0.4, -0.2) is 36.4 Å². The van der Waals surface area contributed by atoms with Gasteiger partial charge in [-0.15, -0.1) is 0 Å². The maximum absolute atomic E-state index is 12.9. The molecule has 0 aliphatic heterocycles. The minimum atomic E-state index is -4.03. The van der Waals surface area contributed by atoms with Crippen molar-refractivity contribution < 1.29 is 23.7 Å². The Balaban J connectivity index is 2.54. The Morgan fingerprint density at radius 2 is 1.62 bits per heavy atom. The molecular weight excluding hydrogens is 328 g/mol. The molecule has 0 aliphatic carbocycles. The highest BCUT2D eigenvalue weighted by molar-refractivity contribution is 7.95. The first-order valence-corrected chi connectivity index (χ1v) is 8.90. The smallest absolute Gasteiger partial charge is 0.205 e. The molecule has 2 rings (SSSR count). The van der Waals surface area contributed by atoms with Crippen molar-refractivity contribution in [3.8, 4) is 0 Å². The average molecular weight is 348 g/mol. The highest BCUT2D eigenvalue weighted by Crippen LogP contribution is 2.31. The SMILES string of the molecule is Cc1ccc(S(=O)(=O)/C(=C/C(O)CO)[C@H](O)c2ccccc2)cc1. The van der Waals surface area contributed by atoms with E-state index in [9.17, 15) is 18.6 Å². The zero-order valence-corrected chi connectivity index (χ0v) is 14.0. The largest absolute Gasteiger partial charge is 0.393 e. The zero-order valence-electron chi connectivity index (χ0n) is 13.2. The van der Waals surface area contributed by atoms with Crippen molar-refractivity contribution in [1.82, 2.24) is 0 Å². The molecule has 0 aliphatic rings. The lowest BCUT2D eigenvalue weighted by Crippen LogP contribution is -2.18. The van der Waals surface area contributed by atoms with Gasteiger partial charge in [-0.25, -0.2) is 8.42 Å². The summed E-state index contributed by atoms with van der Waals surface area (Å²) in [6.07, 6.45) is -1.86. The second-order valence-electron chi connectivity index (χ2n) is 5.45. The lowest BCUT2D eigenvalue weighted by atomic mass is 10.1. The Labute approximate surface area is 141 Å². The van der Waals surface area contributed by atoms with Crippen LogP contribution in [0.15, 0.2) is 70.5 Å². The van der Waals surface area contributed by atoms with Gasteiger partial charge >= 0.3 is 0 Å². The summed E-state index contributed by atoms with van der Waals surface area (Å²) in [5.74, 6) is 0. The lowest BCUT2D eigenvalue weighted by Gasteiger charge is -2.17. The molecule has 3 N–H and O–H groups in total. The first-order chi connectivity index (χ1) is 11.4. The number of aliphatic hydroxyl groups is 3. The summed E-state index contributed by atoms with van der Waals surface area (Å²) in [6, 6.07) is 14.5. The average Bonchev–Trinajstić information content (AvgIpc) is 2.59. The third-order valence-corrected chi connectivity index (χ3v) is 5.44. The van der Waals surface area contributed by atoms with Crippen molar-refractivity contribution in [3.05, 3.63) is 76.7 Å². The van der Waals surface area contributed by atoms with Gasteiger partial charge in [0.25, 0.3) is 0 Å². The van der Waals surface area contributed by atoms with Crippen LogP contribution in [0.3, 0.4) is 0 Å². The van der Waals surface area contributed by atoms with Crippen molar-refractivity contribution in [2.45, 2.75) is 24.0 Å². The van der Waals surface area contributed by atoms with E-state index in [4.69, 9.17) is 5.11 Å². The van der Waals surface area contributed by atoms with Gasteiger partial charge in [0.15, 0.2) is 0 Å². The molecule has 0 heterocycles. The zero-order chi connectivity index (χ0) is 17.7. The number of hydrogen-bond acceptors (Lipinski definition) is 5. The molecule has 0 aromatic heterocycles. The van der Waals surface area contributed by atoms with Gasteiger partial charge < -0.3 is 15.3 Å². The fraction of sp³-hybridized carbons (Fsp3) is 0.222. The maximum Gasteiger partial charge on any atom is 0.205 e. The van der Waals surface area contributed by atoms with E-state index >= 15 is 0 Å². The number of sulfone groups is 1. The first-order valence-electron chi connectivity index (χ1n) is 7.41. The van der Waals surface area contributed by atoms with Crippen LogP contribution < -0.4 is 0 Å². The monoisotopic (exact) mass is 348 g/mol. The number of benzene rings is 2. The van der Waals surface area contributed by atoms with E-state index in [0.29, 0.717) is 5.56 Å². The summed E-state index contributed by atoms with van der Waals surface area (Å²) >= 11 is 0. The highest BCUT2D eigenvalue weighted by atomic mass is 32.2. The van der Waals surface area contributed by atoms with Crippen molar-refractivity contribution >= 4 is 9.84 Å². The van der Waals surface area contributed by atoms with Crippen molar-refractivity contribution in [2.24, 2.45) is 0 Å². The Morgan fingerprint density at radius 1 is 1.04 bits per heavy atom. The van der Waals surface area contributed by atoms with Crippen molar-refractivity contribution in [1.29, 1.82) is 0 Å². The predicted octanol–water partition coefficient (Wildman–Crippen LogP) is 1.74. The van der Waals surface area contributed by atoms with Gasteiger partial charge in [-0.3, -0.25) is 0 Å². The molecule has 24 heavy (non-hydrogen) atoms. The molecule has 1 unspecified atom stereocenters. The number of aliphatic hydroxyl groups excluding tert-OH is 3. The molecule has 128 valence electrons. The summed E-state index contributed by atoms with van der Waals surface area (Å²) in [7, 11) is -4.03. The van der Waals surface area contributed by atoms with Crippen LogP contribution in [0.2, 0.25) is 0 Å². The van der Waals surface area contributed by atoms with Crippen LogP contribution in [0.25, 0.3) is 0 Å². The first kappa shape index (κ1) is 18.4. The van der Waals surface area contributed by atoms with Crippen LogP contribution in [0, 0.1) is 6.92 Å². The fourth-order valence-electron chi connectivity index (χ4n) is 2.22. The Kier molecular flexibility index (Phi) is 5.90. The van der Waals surface area contributed by atoms with E-state index in [0.717, 1.165) is 11.6 Å². The number of hydrogen-bond donors (Lipinski definition) is 3. The molecule has 5 nitrogen and oxygen atoms in total. The summed E-state index contributed by atoms with van der Waals surface area (Å²) in [4.78, 5) is -0.349. The molecule has 0 amide bonds. The highest BCUT2D eigenvalue weighted by Gasteiger charge is 2.28. The van der Waals surface area contributed by atoms with E-state index in [-0.39, 0.29) is 9.80 Å². The summed E-state index contributed by atoms with van der Waals surface area (Å²) in [5.41, 5.74) is 1.28. The Morgan fingerprint density at radius 3 is 2.17 bits per heavy atom. The minimum Gasteiger partial charge on any atom is -0.393 e. The third-order valence-electron chi connectivity index (χ3n) is 3.57. The predicted molar refractivity (Wildman–Crippen MR) is 90.9 cm³/mol. The minimum absolute atomic E-state index is 0.0134. The number of rotatable bonds is 6. The van der Waals surface area contributed by atoms with Crippen LogP contribution >= 0.6 is 0 Å². The van der Waals surface area contributed by atoms with E-state index < -0.39 is 28.7 Å². The van der Waals surface area contributed by atoms with Crippen molar-refractivity contribution in [3.63, 3.8) is 0 Å². The second-order valence-corrected chi connectivity index (χ2v) is 7.40. The Hall–Kier alpha value is -1.99. The molecule has 2 atom stereocenters. The lowest BCUT2D eigenvalue weighted by molar-refractivity contribution is 0.128. The van der Waals surface area contributed by atoms with Gasteiger partial charge in [0.05, 0.1) is 22.5 Å². The summed E-state index contributed by atoms with van der Waals surface area (Å²) in [5, 5.41) is 29.3. The summed E-state index contributed by atoms with van der Waals surface area (Å²) < 4.78 is 25.8. The van der Waals surface area contributed by atoms with E-state index in [1.807, 2.05) is 6.92 Å². The molecule has 0 spiro atoms. The topological polar surface area (TPSA) is 94.8 Å². The van der Waals surface area contributed by atoms with Crippen LogP contribution in [-0.2, 0) is 9.84 Å². The van der Waals surface area contributed by atoms with Gasteiger partial charge in [-0.2, -0.15) is 0 Å². The van der Waals surface area contributed by atoms with Gasteiger partial charge in [-0.1, -0.05) is 48.0 Å². The molecule has 0 radical (unpaired) electrons. The molecule has 0 fully saturated rings. The van der Waals surface area contributed by atoms with Gasteiger partial charge in [0, 0.05) is 0 Å². The molecule has 0 bridgehead atoms. The molecule has 0 saturated heterocycles. The molecule has 6 heteroatoms. The second kappa shape index (κ2) is 7.72. The van der Waals surface area contributed by atoms with Gasteiger partial charge in [-0.05, 0) is 30.7 Å². The van der Waals surface area contributed by atoms with Crippen LogP contribution in [0.5, 0.6) is 0 Å². The maximum atomic E-state index is 12.9. The molecule has 0 saturated carbocycles. The fourth-order valence-corrected chi connectivity index (χ4v) is 3.76. The van der Waals surface area contributed by atoms with Gasteiger partial charge in [0.2, 0.25) is 9.84 Å². The molecular formula is C18H20O5S. The van der Waals surface area contributed by atoms with Crippen LogP contribution in [0.4, 0.5) is 0 Å². The molecule has 2 aromatic carbocycles. The van der Waals surface area contributed by atoms with Gasteiger partial charge in [0.1, 0.15) is 6.10 Å². The summed E-state index contributed by atoms with van der Waals surface area (Å²) in [6.45, 7) is 1.19. The quantitative estimate of drug-likeness (QED) is 0.739. The Bertz CT molecular complexity index is 795. The molecule has 2 aromatic rings. The van der Waals surface area contributed by atoms with Crippen molar-refractivity contribution in [2.75, 3.05) is 6.61 Å². The van der Waals surface area contributed by atoms with E-state index in [1.165, 1.54) is 12.1 Å². The van der Waals surface area contributed by atoms with E-state index in [1.54, 1.807) is 42.5 Å².